The summed E-state index contributed by atoms with van der Waals surface area (Å²) >= 11 is 1.64. The molecule has 0 saturated carbocycles. The Balaban J connectivity index is 1.59. The second-order valence-corrected chi connectivity index (χ2v) is 7.53. The van der Waals surface area contributed by atoms with Gasteiger partial charge in [0.25, 0.3) is 5.91 Å². The van der Waals surface area contributed by atoms with Crippen LogP contribution >= 0.6 is 11.3 Å². The van der Waals surface area contributed by atoms with E-state index in [9.17, 15) is 14.4 Å². The zero-order chi connectivity index (χ0) is 18.3. The van der Waals surface area contributed by atoms with Crippen LogP contribution in [0.5, 0.6) is 0 Å². The Morgan fingerprint density at radius 3 is 2.77 bits per heavy atom. The third kappa shape index (κ3) is 2.50. The summed E-state index contributed by atoms with van der Waals surface area (Å²) in [6, 6.07) is 8.31. The number of nitrogens with zero attached hydrogens (tertiary/aromatic N) is 1. The third-order valence-corrected chi connectivity index (χ3v) is 6.03. The van der Waals surface area contributed by atoms with Gasteiger partial charge in [-0.25, -0.2) is 9.59 Å². The molecule has 1 aliphatic carbocycles. The van der Waals surface area contributed by atoms with Gasteiger partial charge >= 0.3 is 12.0 Å². The van der Waals surface area contributed by atoms with E-state index in [0.29, 0.717) is 12.0 Å². The number of carbonyl (C=O) groups is 3. The molecule has 1 aliphatic heterocycles. The van der Waals surface area contributed by atoms with Crippen molar-refractivity contribution in [2.75, 3.05) is 7.11 Å². The Morgan fingerprint density at radius 2 is 2.04 bits per heavy atom. The fourth-order valence-corrected chi connectivity index (χ4v) is 4.73. The van der Waals surface area contributed by atoms with E-state index in [1.165, 1.54) is 16.9 Å². The van der Waals surface area contributed by atoms with Crippen molar-refractivity contribution in [2.24, 2.45) is 0 Å². The Morgan fingerprint density at radius 1 is 1.27 bits per heavy atom. The van der Waals surface area contributed by atoms with Crippen molar-refractivity contribution in [3.05, 3.63) is 57.3 Å². The zero-order valence-electron chi connectivity index (χ0n) is 14.3. The number of amides is 3. The van der Waals surface area contributed by atoms with Crippen LogP contribution in [-0.2, 0) is 28.0 Å². The van der Waals surface area contributed by atoms with Gasteiger partial charge in [0, 0.05) is 10.4 Å². The number of hydrogen-bond acceptors (Lipinski definition) is 5. The fraction of sp³-hybridized carbons (Fsp3) is 0.316. The van der Waals surface area contributed by atoms with Crippen molar-refractivity contribution in [1.82, 2.24) is 10.2 Å². The minimum atomic E-state index is -0.920. The number of ether oxygens (including phenoxy) is 1. The molecule has 6 nitrogen and oxygen atoms in total. The highest BCUT2D eigenvalue weighted by Crippen LogP contribution is 2.42. The average Bonchev–Trinajstić information content (AvgIpc) is 3.22. The molecule has 1 saturated heterocycles. The number of methoxy groups -OCH3 is 1. The van der Waals surface area contributed by atoms with E-state index in [1.807, 2.05) is 11.4 Å². The number of rotatable bonds is 3. The molecule has 1 N–H and O–H groups in total. The first-order valence-corrected chi connectivity index (χ1v) is 9.31. The summed E-state index contributed by atoms with van der Waals surface area (Å²) in [5, 5.41) is 4.92. The van der Waals surface area contributed by atoms with E-state index in [2.05, 4.69) is 10.1 Å². The summed E-state index contributed by atoms with van der Waals surface area (Å²) < 4.78 is 4.68. The van der Waals surface area contributed by atoms with Crippen molar-refractivity contribution in [3.63, 3.8) is 0 Å². The van der Waals surface area contributed by atoms with Crippen LogP contribution in [0.15, 0.2) is 35.7 Å². The predicted octanol–water partition coefficient (Wildman–Crippen LogP) is 2.82. The van der Waals surface area contributed by atoms with Crippen molar-refractivity contribution in [2.45, 2.75) is 31.3 Å². The number of aryl methyl sites for hydroxylation is 1. The number of benzene rings is 1. The molecule has 1 spiro atoms. The second-order valence-electron chi connectivity index (χ2n) is 6.53. The molecular weight excluding hydrogens is 352 g/mol. The van der Waals surface area contributed by atoms with Crippen molar-refractivity contribution in [1.29, 1.82) is 0 Å². The Hall–Kier alpha value is -2.67. The molecule has 1 atom stereocenters. The molecule has 0 bridgehead atoms. The molecule has 4 rings (SSSR count). The fourth-order valence-electron chi connectivity index (χ4n) is 3.73. The lowest BCUT2D eigenvalue weighted by Crippen LogP contribution is -2.46. The summed E-state index contributed by atoms with van der Waals surface area (Å²) in [6.45, 7) is 0.174. The molecule has 1 fully saturated rings. The van der Waals surface area contributed by atoms with Gasteiger partial charge in [-0.05, 0) is 48.4 Å². The van der Waals surface area contributed by atoms with Crippen LogP contribution in [0.25, 0.3) is 0 Å². The van der Waals surface area contributed by atoms with Crippen LogP contribution in [0.2, 0.25) is 0 Å². The number of esters is 1. The lowest BCUT2D eigenvalue weighted by atomic mass is 9.80. The van der Waals surface area contributed by atoms with E-state index < -0.39 is 11.5 Å². The predicted molar refractivity (Wildman–Crippen MR) is 95.8 cm³/mol. The molecule has 1 aromatic carbocycles. The normalized spacial score (nSPS) is 21.7. The smallest absolute Gasteiger partial charge is 0.337 e. The molecule has 26 heavy (non-hydrogen) atoms. The zero-order valence-corrected chi connectivity index (χ0v) is 15.1. The summed E-state index contributed by atoms with van der Waals surface area (Å²) in [5.41, 5.74) is 1.23. The molecule has 3 amide bonds. The summed E-state index contributed by atoms with van der Waals surface area (Å²) in [7, 11) is 1.33. The monoisotopic (exact) mass is 370 g/mol. The number of imide groups is 1. The van der Waals surface area contributed by atoms with Gasteiger partial charge in [-0.2, -0.15) is 0 Å². The number of carbonyl (C=O) groups excluding carboxylic acids is 3. The maximum Gasteiger partial charge on any atom is 0.337 e. The summed E-state index contributed by atoms with van der Waals surface area (Å²) in [5.74, 6) is -0.614. The minimum absolute atomic E-state index is 0.174. The molecule has 2 heterocycles. The topological polar surface area (TPSA) is 75.7 Å². The third-order valence-electron chi connectivity index (χ3n) is 5.05. The molecule has 0 radical (unpaired) electrons. The quantitative estimate of drug-likeness (QED) is 0.666. The highest BCUT2D eigenvalue weighted by Gasteiger charge is 2.54. The van der Waals surface area contributed by atoms with Crippen molar-refractivity contribution >= 4 is 29.2 Å². The lowest BCUT2D eigenvalue weighted by Gasteiger charge is -2.31. The van der Waals surface area contributed by atoms with Crippen LogP contribution < -0.4 is 5.32 Å². The summed E-state index contributed by atoms with van der Waals surface area (Å²) in [6.07, 6.45) is 2.45. The van der Waals surface area contributed by atoms with E-state index in [-0.39, 0.29) is 18.5 Å². The average molecular weight is 370 g/mol. The highest BCUT2D eigenvalue weighted by atomic mass is 32.1. The van der Waals surface area contributed by atoms with Crippen molar-refractivity contribution in [3.8, 4) is 0 Å². The van der Waals surface area contributed by atoms with Gasteiger partial charge in [-0.3, -0.25) is 9.69 Å². The van der Waals surface area contributed by atoms with Gasteiger partial charge in [0.2, 0.25) is 0 Å². The number of fused-ring (bicyclic) bond motifs is 2. The first-order chi connectivity index (χ1) is 12.5. The maximum atomic E-state index is 13.2. The highest BCUT2D eigenvalue weighted by molar-refractivity contribution is 7.10. The molecule has 2 aliphatic rings. The first kappa shape index (κ1) is 16.8. The first-order valence-electron chi connectivity index (χ1n) is 8.43. The largest absolute Gasteiger partial charge is 0.465 e. The molecular formula is C19H18N2O4S. The lowest BCUT2D eigenvalue weighted by molar-refractivity contribution is -0.132. The molecule has 1 aromatic heterocycles. The molecule has 7 heteroatoms. The molecule has 1 unspecified atom stereocenters. The standard InChI is InChI=1S/C19H18N2O4S/c1-25-16(22)13-6-4-12(5-7-13)11-21-17(23)19(20-18(21)24)9-2-3-15-14(19)8-10-26-15/h4-8,10H,2-3,9,11H2,1H3,(H,20,24). The Kier molecular flexibility index (Phi) is 4.03. The number of urea groups is 1. The van der Waals surface area contributed by atoms with Gasteiger partial charge in [0.15, 0.2) is 0 Å². The van der Waals surface area contributed by atoms with Crippen LogP contribution in [-0.4, -0.2) is 29.9 Å². The number of nitrogens with one attached hydrogen (secondary N) is 1. The van der Waals surface area contributed by atoms with Gasteiger partial charge < -0.3 is 10.1 Å². The van der Waals surface area contributed by atoms with Crippen LogP contribution in [0, 0.1) is 0 Å². The van der Waals surface area contributed by atoms with Gasteiger partial charge in [0.05, 0.1) is 19.2 Å². The Bertz CT molecular complexity index is 889. The SMILES string of the molecule is COC(=O)c1ccc(CN2C(=O)NC3(CCCc4sccc43)C2=O)cc1. The van der Waals surface area contributed by atoms with Crippen LogP contribution in [0.4, 0.5) is 4.79 Å². The second kappa shape index (κ2) is 6.25. The minimum Gasteiger partial charge on any atom is -0.465 e. The van der Waals surface area contributed by atoms with Gasteiger partial charge in [-0.15, -0.1) is 11.3 Å². The Labute approximate surface area is 154 Å². The van der Waals surface area contributed by atoms with E-state index in [0.717, 1.165) is 24.0 Å². The molecule has 134 valence electrons. The van der Waals surface area contributed by atoms with Crippen LogP contribution in [0.1, 0.15) is 39.2 Å². The summed E-state index contributed by atoms with van der Waals surface area (Å²) in [4.78, 5) is 39.6. The van der Waals surface area contributed by atoms with Crippen LogP contribution in [0.3, 0.4) is 0 Å². The van der Waals surface area contributed by atoms with Gasteiger partial charge in [0.1, 0.15) is 5.54 Å². The maximum absolute atomic E-state index is 13.2. The number of thiophene rings is 1. The van der Waals surface area contributed by atoms with E-state index >= 15 is 0 Å². The van der Waals surface area contributed by atoms with E-state index in [4.69, 9.17) is 0 Å². The van der Waals surface area contributed by atoms with Crippen molar-refractivity contribution < 1.29 is 19.1 Å². The molecule has 2 aromatic rings. The van der Waals surface area contributed by atoms with Gasteiger partial charge in [-0.1, -0.05) is 12.1 Å². The number of hydrogen-bond donors (Lipinski definition) is 1. The van der Waals surface area contributed by atoms with E-state index in [1.54, 1.807) is 35.6 Å².